The first-order valence-corrected chi connectivity index (χ1v) is 8.17. The fourth-order valence-corrected chi connectivity index (χ4v) is 3.33. The van der Waals surface area contributed by atoms with Gasteiger partial charge in [-0.2, -0.15) is 0 Å². The molecule has 0 saturated carbocycles. The van der Waals surface area contributed by atoms with Crippen molar-refractivity contribution >= 4 is 11.0 Å². The first kappa shape index (κ1) is 17.4. The van der Waals surface area contributed by atoms with Crippen LogP contribution in [0.15, 0.2) is 63.3 Å². The number of phenolic OH excluding ortho intramolecular Hbond substituents is 1. The van der Waals surface area contributed by atoms with Gasteiger partial charge in [0.1, 0.15) is 11.5 Å². The number of nitrogens with zero attached hydrogens (tertiary/aromatic N) is 1. The summed E-state index contributed by atoms with van der Waals surface area (Å²) in [7, 11) is 1.34. The van der Waals surface area contributed by atoms with Gasteiger partial charge in [0, 0.05) is 0 Å². The number of nitro groups is 1. The number of nitrogens with two attached hydrogens (primary N) is 1. The zero-order chi connectivity index (χ0) is 20.0. The van der Waals surface area contributed by atoms with Gasteiger partial charge in [0.05, 0.1) is 23.0 Å². The number of para-hydroxylation sites is 1. The average Bonchev–Trinajstić information content (AvgIpc) is 2.67. The van der Waals surface area contributed by atoms with E-state index in [1.807, 2.05) is 0 Å². The molecular formula is C19H14N2O7. The van der Waals surface area contributed by atoms with Crippen molar-refractivity contribution in [3.63, 3.8) is 0 Å². The van der Waals surface area contributed by atoms with E-state index >= 15 is 0 Å². The zero-order valence-corrected chi connectivity index (χ0v) is 14.5. The number of aromatic hydroxyl groups is 1. The van der Waals surface area contributed by atoms with Crippen LogP contribution >= 0.6 is 0 Å². The van der Waals surface area contributed by atoms with E-state index in [9.17, 15) is 20.0 Å². The summed E-state index contributed by atoms with van der Waals surface area (Å²) in [6.07, 6.45) is 0. The second-order valence-electron chi connectivity index (χ2n) is 6.10. The Hall–Kier alpha value is -4.01. The Kier molecular flexibility index (Phi) is 3.92. The van der Waals surface area contributed by atoms with Crippen LogP contribution in [-0.2, 0) is 0 Å². The molecule has 0 aliphatic carbocycles. The minimum absolute atomic E-state index is 0.0488. The molecule has 28 heavy (non-hydrogen) atoms. The second kappa shape index (κ2) is 6.31. The predicted molar refractivity (Wildman–Crippen MR) is 97.8 cm³/mol. The van der Waals surface area contributed by atoms with Gasteiger partial charge in [0.25, 0.3) is 5.88 Å². The largest absolute Gasteiger partial charge is 0.504 e. The summed E-state index contributed by atoms with van der Waals surface area (Å²) in [4.78, 5) is 23.8. The molecule has 0 unspecified atom stereocenters. The van der Waals surface area contributed by atoms with Crippen LogP contribution < -0.4 is 20.8 Å². The van der Waals surface area contributed by atoms with E-state index in [2.05, 4.69) is 0 Å². The van der Waals surface area contributed by atoms with E-state index in [-0.39, 0.29) is 28.4 Å². The topological polar surface area (TPSA) is 138 Å². The van der Waals surface area contributed by atoms with Gasteiger partial charge in [0.2, 0.25) is 0 Å². The Morgan fingerprint density at radius 1 is 1.25 bits per heavy atom. The lowest BCUT2D eigenvalue weighted by Crippen LogP contribution is -2.29. The molecule has 2 heterocycles. The van der Waals surface area contributed by atoms with Crippen molar-refractivity contribution < 1.29 is 23.9 Å². The van der Waals surface area contributed by atoms with E-state index in [1.165, 1.54) is 25.3 Å². The fraction of sp³-hybridized carbons (Fsp3) is 0.105. The second-order valence-corrected chi connectivity index (χ2v) is 6.10. The van der Waals surface area contributed by atoms with E-state index in [4.69, 9.17) is 19.6 Å². The molecule has 1 aromatic heterocycles. The average molecular weight is 382 g/mol. The molecule has 0 fully saturated rings. The molecule has 1 atom stereocenters. The predicted octanol–water partition coefficient (Wildman–Crippen LogP) is 2.44. The standard InChI is InChI=1S/C19H14N2O7/c1-26-13-8-9(6-7-11(13)22)14-15-17(28-18(20)16(14)21(24)25)10-4-2-3-5-12(10)27-19(15)23/h2-8,14,22H,20H2,1H3/t14-/m1/s1. The number of phenols is 1. The van der Waals surface area contributed by atoms with E-state index in [0.29, 0.717) is 10.9 Å². The summed E-state index contributed by atoms with van der Waals surface area (Å²) in [6.45, 7) is 0. The van der Waals surface area contributed by atoms with Crippen molar-refractivity contribution in [3.05, 3.63) is 85.7 Å². The third kappa shape index (κ3) is 2.52. The van der Waals surface area contributed by atoms with Crippen LogP contribution in [0.1, 0.15) is 17.0 Å². The number of ether oxygens (including phenoxy) is 2. The molecule has 0 bridgehead atoms. The summed E-state index contributed by atoms with van der Waals surface area (Å²) in [5.41, 5.74) is 5.13. The van der Waals surface area contributed by atoms with Crippen molar-refractivity contribution in [1.82, 2.24) is 0 Å². The van der Waals surface area contributed by atoms with Crippen LogP contribution in [0.3, 0.4) is 0 Å². The lowest BCUT2D eigenvalue weighted by atomic mass is 9.86. The van der Waals surface area contributed by atoms with Gasteiger partial charge in [-0.1, -0.05) is 18.2 Å². The zero-order valence-electron chi connectivity index (χ0n) is 14.5. The van der Waals surface area contributed by atoms with Gasteiger partial charge in [-0.05, 0) is 29.8 Å². The number of benzene rings is 2. The van der Waals surface area contributed by atoms with Crippen LogP contribution in [0.2, 0.25) is 0 Å². The molecule has 4 rings (SSSR count). The highest BCUT2D eigenvalue weighted by Crippen LogP contribution is 2.45. The number of methoxy groups -OCH3 is 1. The molecule has 1 aliphatic heterocycles. The molecule has 3 aromatic rings. The van der Waals surface area contributed by atoms with Crippen molar-refractivity contribution in [2.75, 3.05) is 7.11 Å². The highest BCUT2D eigenvalue weighted by molar-refractivity contribution is 5.85. The Bertz CT molecular complexity index is 1210. The Labute approximate surface area is 157 Å². The summed E-state index contributed by atoms with van der Waals surface area (Å²) >= 11 is 0. The van der Waals surface area contributed by atoms with Crippen molar-refractivity contribution in [2.24, 2.45) is 5.73 Å². The number of fused-ring (bicyclic) bond motifs is 3. The minimum atomic E-state index is -1.17. The molecular weight excluding hydrogens is 368 g/mol. The maximum atomic E-state index is 12.7. The van der Waals surface area contributed by atoms with Gasteiger partial charge in [0.15, 0.2) is 17.2 Å². The van der Waals surface area contributed by atoms with E-state index < -0.39 is 28.0 Å². The van der Waals surface area contributed by atoms with Gasteiger partial charge in [-0.3, -0.25) is 10.1 Å². The van der Waals surface area contributed by atoms with Gasteiger partial charge < -0.3 is 24.7 Å². The first-order chi connectivity index (χ1) is 13.4. The lowest BCUT2D eigenvalue weighted by Gasteiger charge is -2.24. The molecule has 142 valence electrons. The smallest absolute Gasteiger partial charge is 0.344 e. The third-order valence-corrected chi connectivity index (χ3v) is 4.56. The number of rotatable bonds is 3. The number of hydrogen-bond acceptors (Lipinski definition) is 8. The highest BCUT2D eigenvalue weighted by atomic mass is 16.6. The normalized spacial score (nSPS) is 15.8. The van der Waals surface area contributed by atoms with Crippen LogP contribution in [-0.4, -0.2) is 17.1 Å². The maximum Gasteiger partial charge on any atom is 0.344 e. The monoisotopic (exact) mass is 382 g/mol. The molecule has 0 saturated heterocycles. The quantitative estimate of drug-likeness (QED) is 0.400. The highest BCUT2D eigenvalue weighted by Gasteiger charge is 2.42. The minimum Gasteiger partial charge on any atom is -0.504 e. The SMILES string of the molecule is COc1cc([C@H]2C([N+](=O)[O-])=C(N)Oc3c2c(=O)oc2ccccc32)ccc1O. The molecule has 9 nitrogen and oxygen atoms in total. The van der Waals surface area contributed by atoms with E-state index in [0.717, 1.165) is 0 Å². The van der Waals surface area contributed by atoms with Crippen LogP contribution in [0.25, 0.3) is 11.0 Å². The Balaban J connectivity index is 2.08. The Morgan fingerprint density at radius 2 is 2.00 bits per heavy atom. The summed E-state index contributed by atoms with van der Waals surface area (Å²) < 4.78 is 15.9. The van der Waals surface area contributed by atoms with Crippen LogP contribution in [0.5, 0.6) is 17.2 Å². The maximum absolute atomic E-state index is 12.7. The van der Waals surface area contributed by atoms with Crippen LogP contribution in [0.4, 0.5) is 0 Å². The molecule has 0 spiro atoms. The molecule has 2 aromatic carbocycles. The molecule has 1 aliphatic rings. The molecule has 0 amide bonds. The van der Waals surface area contributed by atoms with Crippen LogP contribution in [0, 0.1) is 10.1 Å². The molecule has 0 radical (unpaired) electrons. The fourth-order valence-electron chi connectivity index (χ4n) is 3.33. The van der Waals surface area contributed by atoms with Crippen molar-refractivity contribution in [2.45, 2.75) is 5.92 Å². The van der Waals surface area contributed by atoms with Crippen molar-refractivity contribution in [1.29, 1.82) is 0 Å². The third-order valence-electron chi connectivity index (χ3n) is 4.56. The van der Waals surface area contributed by atoms with E-state index in [1.54, 1.807) is 24.3 Å². The summed E-state index contributed by atoms with van der Waals surface area (Å²) in [5, 5.41) is 22.0. The molecule has 9 heteroatoms. The number of allylic oxidation sites excluding steroid dienone is 1. The van der Waals surface area contributed by atoms with Crippen molar-refractivity contribution in [3.8, 4) is 17.2 Å². The Morgan fingerprint density at radius 3 is 2.71 bits per heavy atom. The van der Waals surface area contributed by atoms with Gasteiger partial charge >= 0.3 is 11.3 Å². The van der Waals surface area contributed by atoms with Gasteiger partial charge in [-0.25, -0.2) is 4.79 Å². The first-order valence-electron chi connectivity index (χ1n) is 8.17. The lowest BCUT2D eigenvalue weighted by molar-refractivity contribution is -0.432. The summed E-state index contributed by atoms with van der Waals surface area (Å²) in [5.74, 6) is -1.55. The number of hydrogen-bond donors (Lipinski definition) is 2. The molecule has 3 N–H and O–H groups in total. The van der Waals surface area contributed by atoms with Gasteiger partial charge in [-0.15, -0.1) is 0 Å². The summed E-state index contributed by atoms with van der Waals surface area (Å²) in [6, 6.07) is 10.8.